The monoisotopic (exact) mass is 356 g/mol. The van der Waals surface area contributed by atoms with E-state index < -0.39 is 11.7 Å². The van der Waals surface area contributed by atoms with Gasteiger partial charge >= 0.3 is 6.09 Å². The second kappa shape index (κ2) is 7.77. The van der Waals surface area contributed by atoms with Crippen molar-refractivity contribution in [2.45, 2.75) is 53.7 Å². The largest absolute Gasteiger partial charge is 0.496 e. The lowest BCUT2D eigenvalue weighted by Crippen LogP contribution is -2.37. The van der Waals surface area contributed by atoms with E-state index in [1.54, 1.807) is 18.2 Å². The highest BCUT2D eigenvalue weighted by molar-refractivity contribution is 5.87. The summed E-state index contributed by atoms with van der Waals surface area (Å²) < 4.78 is 11.1. The number of methoxy groups -OCH3 is 1. The zero-order valence-electron chi connectivity index (χ0n) is 16.7. The molecule has 1 heterocycles. The lowest BCUT2D eigenvalue weighted by Gasteiger charge is -2.28. The van der Waals surface area contributed by atoms with E-state index in [-0.39, 0.29) is 0 Å². The van der Waals surface area contributed by atoms with Gasteiger partial charge in [0.1, 0.15) is 11.4 Å². The number of aryl methyl sites for hydroxylation is 2. The Bertz CT molecular complexity index is 777. The molecule has 0 atom stereocenters. The molecule has 0 saturated carbocycles. The van der Waals surface area contributed by atoms with Crippen LogP contribution in [0.2, 0.25) is 0 Å². The van der Waals surface area contributed by atoms with Crippen LogP contribution in [0.25, 0.3) is 0 Å². The molecular weight excluding hydrogens is 328 g/mol. The topological polar surface area (TPSA) is 51.7 Å². The van der Waals surface area contributed by atoms with Crippen LogP contribution >= 0.6 is 0 Å². The molecule has 5 nitrogen and oxygen atoms in total. The van der Waals surface area contributed by atoms with Gasteiger partial charge in [-0.25, -0.2) is 4.79 Å². The number of nitrogens with zero attached hydrogens (tertiary/aromatic N) is 2. The Kier molecular flexibility index (Phi) is 5.90. The molecule has 0 saturated heterocycles. The van der Waals surface area contributed by atoms with Crippen molar-refractivity contribution in [3.63, 3.8) is 0 Å². The summed E-state index contributed by atoms with van der Waals surface area (Å²) in [4.78, 5) is 19.0. The van der Waals surface area contributed by atoms with E-state index in [9.17, 15) is 4.79 Å². The molecule has 0 fully saturated rings. The van der Waals surface area contributed by atoms with Crippen LogP contribution in [0, 0.1) is 20.8 Å². The lowest BCUT2D eigenvalue weighted by atomic mass is 10.1. The summed E-state index contributed by atoms with van der Waals surface area (Å²) in [7, 11) is 1.64. The summed E-state index contributed by atoms with van der Waals surface area (Å²) in [6.07, 6.45) is 1.37. The van der Waals surface area contributed by atoms with Gasteiger partial charge in [0, 0.05) is 23.0 Å². The number of carbonyl (C=O) groups excluding carboxylic acids is 1. The Labute approximate surface area is 156 Å². The predicted molar refractivity (Wildman–Crippen MR) is 104 cm³/mol. The molecule has 2 aromatic rings. The first-order chi connectivity index (χ1) is 12.1. The predicted octanol–water partition coefficient (Wildman–Crippen LogP) is 4.96. The van der Waals surface area contributed by atoms with Gasteiger partial charge in [-0.15, -0.1) is 0 Å². The number of hydrogen-bond donors (Lipinski definition) is 0. The fourth-order valence-corrected chi connectivity index (χ4v) is 2.68. The first-order valence-corrected chi connectivity index (χ1v) is 8.68. The number of amides is 1. The molecule has 26 heavy (non-hydrogen) atoms. The third-order valence-corrected chi connectivity index (χ3v) is 4.02. The second-order valence-electron chi connectivity index (χ2n) is 7.45. The van der Waals surface area contributed by atoms with Crippen LogP contribution in [0.4, 0.5) is 10.5 Å². The SMILES string of the molecule is COc1c(C)cnc(CN(C(=O)OC(C)(C)C)c2ccc(C)cc2)c1C. The Hall–Kier alpha value is -2.56. The first-order valence-electron chi connectivity index (χ1n) is 8.68. The molecule has 0 spiro atoms. The summed E-state index contributed by atoms with van der Waals surface area (Å²) in [5, 5.41) is 0. The summed E-state index contributed by atoms with van der Waals surface area (Å²) >= 11 is 0. The number of pyridine rings is 1. The molecule has 2 rings (SSSR count). The lowest BCUT2D eigenvalue weighted by molar-refractivity contribution is 0.0577. The van der Waals surface area contributed by atoms with Crippen molar-refractivity contribution in [1.82, 2.24) is 4.98 Å². The molecule has 140 valence electrons. The number of aromatic nitrogens is 1. The average Bonchev–Trinajstić information content (AvgIpc) is 2.54. The molecule has 0 aliphatic rings. The van der Waals surface area contributed by atoms with Crippen LogP contribution in [-0.4, -0.2) is 23.8 Å². The highest BCUT2D eigenvalue weighted by Crippen LogP contribution is 2.27. The van der Waals surface area contributed by atoms with Gasteiger partial charge in [0.05, 0.1) is 19.3 Å². The van der Waals surface area contributed by atoms with Crippen LogP contribution in [0.15, 0.2) is 30.5 Å². The van der Waals surface area contributed by atoms with E-state index in [4.69, 9.17) is 9.47 Å². The molecule has 0 radical (unpaired) electrons. The highest BCUT2D eigenvalue weighted by atomic mass is 16.6. The van der Waals surface area contributed by atoms with E-state index >= 15 is 0 Å². The van der Waals surface area contributed by atoms with Crippen molar-refractivity contribution >= 4 is 11.8 Å². The summed E-state index contributed by atoms with van der Waals surface area (Å²) in [5.41, 5.74) is 3.99. The van der Waals surface area contributed by atoms with Crippen molar-refractivity contribution in [2.24, 2.45) is 0 Å². The van der Waals surface area contributed by atoms with Gasteiger partial charge in [-0.05, 0) is 53.7 Å². The zero-order chi connectivity index (χ0) is 19.5. The Morgan fingerprint density at radius 1 is 1.12 bits per heavy atom. The van der Waals surface area contributed by atoms with Crippen LogP contribution < -0.4 is 9.64 Å². The van der Waals surface area contributed by atoms with Crippen molar-refractivity contribution in [3.8, 4) is 5.75 Å². The maximum Gasteiger partial charge on any atom is 0.415 e. The van der Waals surface area contributed by atoms with E-state index in [0.29, 0.717) is 6.54 Å². The normalized spacial score (nSPS) is 11.2. The van der Waals surface area contributed by atoms with Gasteiger partial charge in [0.25, 0.3) is 0 Å². The minimum Gasteiger partial charge on any atom is -0.496 e. The van der Waals surface area contributed by atoms with E-state index in [1.807, 2.05) is 65.8 Å². The maximum atomic E-state index is 12.8. The zero-order valence-corrected chi connectivity index (χ0v) is 16.7. The maximum absolute atomic E-state index is 12.8. The van der Waals surface area contributed by atoms with Crippen molar-refractivity contribution in [1.29, 1.82) is 0 Å². The van der Waals surface area contributed by atoms with Gasteiger partial charge in [-0.3, -0.25) is 9.88 Å². The molecule has 1 aromatic carbocycles. The van der Waals surface area contributed by atoms with Crippen molar-refractivity contribution in [3.05, 3.63) is 52.8 Å². The molecule has 0 aliphatic carbocycles. The van der Waals surface area contributed by atoms with Gasteiger partial charge in [0.2, 0.25) is 0 Å². The van der Waals surface area contributed by atoms with E-state index in [0.717, 1.165) is 33.8 Å². The van der Waals surface area contributed by atoms with Gasteiger partial charge in [0.15, 0.2) is 0 Å². The minimum atomic E-state index is -0.576. The summed E-state index contributed by atoms with van der Waals surface area (Å²) in [6, 6.07) is 7.78. The third-order valence-electron chi connectivity index (χ3n) is 4.02. The fourth-order valence-electron chi connectivity index (χ4n) is 2.68. The minimum absolute atomic E-state index is 0.306. The Morgan fingerprint density at radius 3 is 2.27 bits per heavy atom. The van der Waals surface area contributed by atoms with Crippen molar-refractivity contribution in [2.75, 3.05) is 12.0 Å². The molecule has 0 bridgehead atoms. The summed E-state index contributed by atoms with van der Waals surface area (Å²) in [6.45, 7) is 11.8. The average molecular weight is 356 g/mol. The number of hydrogen-bond acceptors (Lipinski definition) is 4. The smallest absolute Gasteiger partial charge is 0.415 e. The third kappa shape index (κ3) is 4.75. The molecule has 1 amide bonds. The standard InChI is InChI=1S/C21H28N2O3/c1-14-8-10-17(11-9-14)23(20(24)26-21(4,5)6)13-18-16(3)19(25-7)15(2)12-22-18/h8-12H,13H2,1-7H3. The van der Waals surface area contributed by atoms with Crippen LogP contribution in [0.3, 0.4) is 0 Å². The van der Waals surface area contributed by atoms with Gasteiger partial charge in [-0.1, -0.05) is 17.7 Å². The van der Waals surface area contributed by atoms with E-state index in [2.05, 4.69) is 4.98 Å². The Morgan fingerprint density at radius 2 is 1.73 bits per heavy atom. The number of rotatable bonds is 4. The first kappa shape index (κ1) is 19.8. The van der Waals surface area contributed by atoms with E-state index in [1.165, 1.54) is 0 Å². The number of benzene rings is 1. The van der Waals surface area contributed by atoms with Crippen LogP contribution in [-0.2, 0) is 11.3 Å². The molecule has 5 heteroatoms. The van der Waals surface area contributed by atoms with Gasteiger partial charge in [-0.2, -0.15) is 0 Å². The van der Waals surface area contributed by atoms with Crippen molar-refractivity contribution < 1.29 is 14.3 Å². The summed E-state index contributed by atoms with van der Waals surface area (Å²) in [5.74, 6) is 0.794. The van der Waals surface area contributed by atoms with Crippen LogP contribution in [0.5, 0.6) is 5.75 Å². The molecular formula is C21H28N2O3. The molecule has 0 aliphatic heterocycles. The molecule has 1 aromatic heterocycles. The molecule has 0 unspecified atom stereocenters. The van der Waals surface area contributed by atoms with Crippen LogP contribution in [0.1, 0.15) is 43.2 Å². The number of carbonyl (C=O) groups is 1. The highest BCUT2D eigenvalue weighted by Gasteiger charge is 2.25. The Balaban J connectivity index is 2.42. The fraction of sp³-hybridized carbons (Fsp3) is 0.429. The second-order valence-corrected chi connectivity index (χ2v) is 7.45. The number of anilines is 1. The quantitative estimate of drug-likeness (QED) is 0.777. The van der Waals surface area contributed by atoms with Gasteiger partial charge < -0.3 is 9.47 Å². The number of ether oxygens (including phenoxy) is 2. The molecule has 0 N–H and O–H groups in total.